The first kappa shape index (κ1) is 34.9. The van der Waals surface area contributed by atoms with Crippen LogP contribution in [0.15, 0.2) is 121 Å². The van der Waals surface area contributed by atoms with Crippen molar-refractivity contribution >= 4 is 10.1 Å². The third-order valence-electron chi connectivity index (χ3n) is 7.91. The summed E-state index contributed by atoms with van der Waals surface area (Å²) in [5, 5.41) is 0. The molecule has 1 aliphatic rings. The second-order valence-corrected chi connectivity index (χ2v) is 13.3. The summed E-state index contributed by atoms with van der Waals surface area (Å²) in [4.78, 5) is 0. The molecule has 0 aromatic heterocycles. The average Bonchev–Trinajstić information content (AvgIpc) is 3.09. The lowest BCUT2D eigenvalue weighted by molar-refractivity contribution is -0.273. The number of benzene rings is 4. The Morgan fingerprint density at radius 1 is 0.553 bits per heavy atom. The van der Waals surface area contributed by atoms with Crippen LogP contribution in [0.3, 0.4) is 0 Å². The van der Waals surface area contributed by atoms with Gasteiger partial charge in [-0.1, -0.05) is 121 Å². The van der Waals surface area contributed by atoms with Crippen LogP contribution < -0.4 is 0 Å². The average molecular weight is 661 g/mol. The van der Waals surface area contributed by atoms with Gasteiger partial charge in [0.25, 0.3) is 10.1 Å². The molecular formula is C38H44O8S. The molecule has 0 spiro atoms. The molecule has 1 saturated heterocycles. The molecule has 9 heteroatoms. The Kier molecular flexibility index (Phi) is 13.5. The lowest BCUT2D eigenvalue weighted by atomic mass is 9.91. The Bertz CT molecular complexity index is 1540. The van der Waals surface area contributed by atoms with Crippen LogP contribution in [0.5, 0.6) is 0 Å². The molecule has 250 valence electrons. The van der Waals surface area contributed by atoms with Gasteiger partial charge >= 0.3 is 0 Å². The standard InChI is InChI=1S/C38H44O8S/c1-47(39,40)45-24-14-23-34-36(42-26-31-17-8-3-9-18-31)38(44-28-33-21-12-5-13-22-33)37(43-27-32-19-10-4-11-20-32)35(46-34)29-41-25-30-15-6-2-7-16-30/h2-13,15-22,34-38H,14,23-29H2,1H3/t34-,35+,36-,37+,38+/m0/s1. The van der Waals surface area contributed by atoms with Crippen molar-refractivity contribution in [2.45, 2.75) is 69.8 Å². The van der Waals surface area contributed by atoms with Crippen molar-refractivity contribution in [1.82, 2.24) is 0 Å². The molecule has 0 radical (unpaired) electrons. The molecule has 1 aliphatic heterocycles. The molecule has 0 amide bonds. The van der Waals surface area contributed by atoms with Crippen LogP contribution in [-0.2, 0) is 64.4 Å². The van der Waals surface area contributed by atoms with Gasteiger partial charge in [-0.25, -0.2) is 0 Å². The van der Waals surface area contributed by atoms with Crippen molar-refractivity contribution in [2.24, 2.45) is 0 Å². The van der Waals surface area contributed by atoms with Crippen molar-refractivity contribution in [3.05, 3.63) is 144 Å². The van der Waals surface area contributed by atoms with Crippen LogP contribution in [0.1, 0.15) is 35.1 Å². The van der Waals surface area contributed by atoms with Gasteiger partial charge in [-0.15, -0.1) is 0 Å². The number of hydrogen-bond donors (Lipinski definition) is 0. The number of rotatable bonds is 18. The maximum absolute atomic E-state index is 11.7. The van der Waals surface area contributed by atoms with E-state index in [2.05, 4.69) is 0 Å². The zero-order chi connectivity index (χ0) is 32.7. The highest BCUT2D eigenvalue weighted by Crippen LogP contribution is 2.33. The van der Waals surface area contributed by atoms with E-state index in [0.29, 0.717) is 39.3 Å². The van der Waals surface area contributed by atoms with Gasteiger partial charge in [0.15, 0.2) is 0 Å². The fourth-order valence-electron chi connectivity index (χ4n) is 5.61. The highest BCUT2D eigenvalue weighted by Gasteiger charge is 2.48. The molecule has 0 saturated carbocycles. The second kappa shape index (κ2) is 18.2. The van der Waals surface area contributed by atoms with Crippen LogP contribution in [0, 0.1) is 0 Å². The molecule has 5 atom stereocenters. The number of hydrogen-bond acceptors (Lipinski definition) is 8. The normalized spacial score (nSPS) is 21.4. The molecule has 0 aliphatic carbocycles. The smallest absolute Gasteiger partial charge is 0.264 e. The second-order valence-electron chi connectivity index (χ2n) is 11.7. The van der Waals surface area contributed by atoms with Gasteiger partial charge < -0.3 is 23.7 Å². The quantitative estimate of drug-likeness (QED) is 0.0885. The molecule has 0 N–H and O–H groups in total. The zero-order valence-electron chi connectivity index (χ0n) is 26.8. The third-order valence-corrected chi connectivity index (χ3v) is 8.50. The molecule has 1 heterocycles. The largest absolute Gasteiger partial charge is 0.374 e. The summed E-state index contributed by atoms with van der Waals surface area (Å²) in [6, 6.07) is 40.0. The van der Waals surface area contributed by atoms with Gasteiger partial charge in [-0.05, 0) is 35.1 Å². The van der Waals surface area contributed by atoms with E-state index in [0.717, 1.165) is 28.5 Å². The van der Waals surface area contributed by atoms with Gasteiger partial charge in [0.1, 0.15) is 24.4 Å². The van der Waals surface area contributed by atoms with E-state index in [-0.39, 0.29) is 13.2 Å². The summed E-state index contributed by atoms with van der Waals surface area (Å²) in [7, 11) is -3.57. The molecule has 0 unspecified atom stereocenters. The summed E-state index contributed by atoms with van der Waals surface area (Å²) in [6.07, 6.45) is -0.518. The first-order valence-electron chi connectivity index (χ1n) is 16.0. The highest BCUT2D eigenvalue weighted by molar-refractivity contribution is 7.85. The summed E-state index contributed by atoms with van der Waals surface area (Å²) in [6.45, 7) is 1.78. The monoisotopic (exact) mass is 660 g/mol. The lowest BCUT2D eigenvalue weighted by Crippen LogP contribution is -2.61. The molecule has 5 rings (SSSR count). The predicted molar refractivity (Wildman–Crippen MR) is 180 cm³/mol. The predicted octanol–water partition coefficient (Wildman–Crippen LogP) is 6.48. The van der Waals surface area contributed by atoms with E-state index >= 15 is 0 Å². The van der Waals surface area contributed by atoms with Crippen molar-refractivity contribution in [1.29, 1.82) is 0 Å². The topological polar surface area (TPSA) is 89.5 Å². The Morgan fingerprint density at radius 3 is 1.40 bits per heavy atom. The Balaban J connectivity index is 1.42. The maximum Gasteiger partial charge on any atom is 0.264 e. The lowest BCUT2D eigenvalue weighted by Gasteiger charge is -2.46. The zero-order valence-corrected chi connectivity index (χ0v) is 27.6. The van der Waals surface area contributed by atoms with Crippen LogP contribution >= 0.6 is 0 Å². The Hall–Kier alpha value is -3.41. The van der Waals surface area contributed by atoms with Crippen molar-refractivity contribution in [2.75, 3.05) is 19.5 Å². The van der Waals surface area contributed by atoms with Gasteiger partial charge in [0.2, 0.25) is 0 Å². The van der Waals surface area contributed by atoms with E-state index in [1.807, 2.05) is 121 Å². The highest BCUT2D eigenvalue weighted by atomic mass is 32.2. The van der Waals surface area contributed by atoms with Gasteiger partial charge in [-0.2, -0.15) is 8.42 Å². The van der Waals surface area contributed by atoms with Crippen LogP contribution in [0.2, 0.25) is 0 Å². The minimum atomic E-state index is -3.57. The molecule has 4 aromatic rings. The summed E-state index contributed by atoms with van der Waals surface area (Å²) >= 11 is 0. The summed E-state index contributed by atoms with van der Waals surface area (Å²) in [5.74, 6) is 0. The first-order valence-corrected chi connectivity index (χ1v) is 17.8. The minimum Gasteiger partial charge on any atom is -0.374 e. The van der Waals surface area contributed by atoms with Gasteiger partial charge in [0, 0.05) is 0 Å². The minimum absolute atomic E-state index is 0.0444. The van der Waals surface area contributed by atoms with E-state index in [1.54, 1.807) is 0 Å². The molecule has 47 heavy (non-hydrogen) atoms. The van der Waals surface area contributed by atoms with Crippen LogP contribution in [0.4, 0.5) is 0 Å². The van der Waals surface area contributed by atoms with E-state index in [9.17, 15) is 8.42 Å². The van der Waals surface area contributed by atoms with E-state index in [1.165, 1.54) is 0 Å². The molecule has 4 aromatic carbocycles. The Morgan fingerprint density at radius 2 is 0.957 bits per heavy atom. The molecule has 0 bridgehead atoms. The van der Waals surface area contributed by atoms with Crippen molar-refractivity contribution in [3.8, 4) is 0 Å². The summed E-state index contributed by atoms with van der Waals surface area (Å²) < 4.78 is 61.5. The fourth-order valence-corrected chi connectivity index (χ4v) is 6.03. The summed E-state index contributed by atoms with van der Waals surface area (Å²) in [5.41, 5.74) is 4.13. The molecular weight excluding hydrogens is 616 g/mol. The van der Waals surface area contributed by atoms with E-state index in [4.69, 9.17) is 27.9 Å². The number of ether oxygens (including phenoxy) is 5. The maximum atomic E-state index is 11.7. The van der Waals surface area contributed by atoms with Crippen LogP contribution in [0.25, 0.3) is 0 Å². The van der Waals surface area contributed by atoms with Gasteiger partial charge in [0.05, 0.1) is 52.0 Å². The first-order chi connectivity index (χ1) is 22.9. The third kappa shape index (κ3) is 11.7. The van der Waals surface area contributed by atoms with E-state index < -0.39 is 40.6 Å². The van der Waals surface area contributed by atoms with Crippen molar-refractivity contribution in [3.63, 3.8) is 0 Å². The Labute approximate surface area is 278 Å². The van der Waals surface area contributed by atoms with Gasteiger partial charge in [-0.3, -0.25) is 4.18 Å². The SMILES string of the molecule is CS(=O)(=O)OCCC[C@@H]1O[C@H](COCc2ccccc2)[C@@H](OCc2ccccc2)[C@H](OCc2ccccc2)[C@H]1OCc1ccccc1. The van der Waals surface area contributed by atoms with Crippen molar-refractivity contribution < 1.29 is 36.3 Å². The molecule has 1 fully saturated rings. The molecule has 8 nitrogen and oxygen atoms in total. The fraction of sp³-hybridized carbons (Fsp3) is 0.368. The van der Waals surface area contributed by atoms with Crippen LogP contribution in [-0.4, -0.2) is 58.4 Å².